The van der Waals surface area contributed by atoms with Crippen molar-refractivity contribution in [2.24, 2.45) is 0 Å². The van der Waals surface area contributed by atoms with Crippen LogP contribution in [0.5, 0.6) is 0 Å². The Hall–Kier alpha value is -0.480. The molecule has 0 aromatic rings. The predicted molar refractivity (Wildman–Crippen MR) is 74.7 cm³/mol. The normalized spacial score (nSPS) is 7.88. The molecule has 0 fully saturated rings. The molecule has 6 heteroatoms. The standard InChI is InChI=1S/C10H8I2O4/c11-5-1-7-15-9(13)3-4-10(14)16-8-2-6-12/h3-4,7-8H2. The minimum atomic E-state index is -0.462. The van der Waals surface area contributed by atoms with Gasteiger partial charge in [0, 0.05) is 45.2 Å². The molecule has 0 radical (unpaired) electrons. The van der Waals surface area contributed by atoms with E-state index in [-0.39, 0.29) is 26.1 Å². The minimum absolute atomic E-state index is 0.000573. The molecule has 0 spiro atoms. The third-order valence-electron chi connectivity index (χ3n) is 1.28. The molecule has 16 heavy (non-hydrogen) atoms. The quantitative estimate of drug-likeness (QED) is 0.367. The Bertz CT molecular complexity index is 320. The number of ether oxygens (including phenoxy) is 2. The summed E-state index contributed by atoms with van der Waals surface area (Å²) in [7, 11) is 0. The van der Waals surface area contributed by atoms with Gasteiger partial charge in [0.15, 0.2) is 13.2 Å². The van der Waals surface area contributed by atoms with Crippen molar-refractivity contribution in [1.82, 2.24) is 0 Å². The Morgan fingerprint density at radius 1 is 0.875 bits per heavy atom. The lowest BCUT2D eigenvalue weighted by Gasteiger charge is -2.00. The number of esters is 2. The molecule has 0 atom stereocenters. The minimum Gasteiger partial charge on any atom is -0.452 e. The van der Waals surface area contributed by atoms with E-state index in [9.17, 15) is 9.59 Å². The zero-order chi connectivity index (χ0) is 12.2. The highest BCUT2D eigenvalue weighted by atomic mass is 127. The first-order valence-corrected chi connectivity index (χ1v) is 6.34. The van der Waals surface area contributed by atoms with Gasteiger partial charge >= 0.3 is 11.9 Å². The maximum Gasteiger partial charge on any atom is 0.307 e. The van der Waals surface area contributed by atoms with E-state index in [0.717, 1.165) is 0 Å². The van der Waals surface area contributed by atoms with Crippen molar-refractivity contribution in [2.75, 3.05) is 13.2 Å². The van der Waals surface area contributed by atoms with Gasteiger partial charge in [-0.05, 0) is 7.85 Å². The van der Waals surface area contributed by atoms with Crippen LogP contribution in [0.15, 0.2) is 0 Å². The average molecular weight is 446 g/mol. The van der Waals surface area contributed by atoms with Gasteiger partial charge in [-0.3, -0.25) is 9.59 Å². The average Bonchev–Trinajstić information content (AvgIpc) is 2.27. The van der Waals surface area contributed by atoms with E-state index in [2.05, 4.69) is 19.7 Å². The molecule has 0 N–H and O–H groups in total. The highest BCUT2D eigenvalue weighted by molar-refractivity contribution is 14.1. The Morgan fingerprint density at radius 2 is 1.25 bits per heavy atom. The molecule has 0 rings (SSSR count). The van der Waals surface area contributed by atoms with E-state index in [4.69, 9.17) is 9.47 Å². The topological polar surface area (TPSA) is 52.6 Å². The number of carbonyl (C=O) groups is 2. The summed E-state index contributed by atoms with van der Waals surface area (Å²) in [5.74, 6) is 4.21. The zero-order valence-corrected chi connectivity index (χ0v) is 12.5. The molecular formula is C10H8I2O4. The molecule has 4 nitrogen and oxygen atoms in total. The molecule has 0 bridgehead atoms. The summed E-state index contributed by atoms with van der Waals surface area (Å²) in [6.07, 6.45) is -0.00115. The van der Waals surface area contributed by atoms with Gasteiger partial charge in [0.2, 0.25) is 0 Å². The third-order valence-corrected chi connectivity index (χ3v) is 2.04. The van der Waals surface area contributed by atoms with Crippen molar-refractivity contribution in [3.8, 4) is 19.7 Å². The lowest BCUT2D eigenvalue weighted by Crippen LogP contribution is -2.10. The molecule has 0 aromatic heterocycles. The van der Waals surface area contributed by atoms with Gasteiger partial charge in [0.1, 0.15) is 0 Å². The molecule has 0 saturated heterocycles. The molecule has 0 amide bonds. The summed E-state index contributed by atoms with van der Waals surface area (Å²) in [6, 6.07) is 0. The third kappa shape index (κ3) is 10.1. The van der Waals surface area contributed by atoms with Crippen LogP contribution in [0.1, 0.15) is 12.8 Å². The highest BCUT2D eigenvalue weighted by Crippen LogP contribution is 1.95. The van der Waals surface area contributed by atoms with Crippen molar-refractivity contribution in [1.29, 1.82) is 0 Å². The molecule has 0 saturated carbocycles. The van der Waals surface area contributed by atoms with Gasteiger partial charge in [-0.25, -0.2) is 0 Å². The first-order chi connectivity index (χ1) is 7.70. The zero-order valence-electron chi connectivity index (χ0n) is 8.22. The fraction of sp³-hybridized carbons (Fsp3) is 0.400. The Morgan fingerprint density at radius 3 is 1.56 bits per heavy atom. The van der Waals surface area contributed by atoms with Crippen LogP contribution in [0.3, 0.4) is 0 Å². The molecule has 0 aliphatic carbocycles. The first-order valence-electron chi connectivity index (χ1n) is 4.19. The molecule has 0 aliphatic rings. The van der Waals surface area contributed by atoms with Crippen LogP contribution in [-0.2, 0) is 19.1 Å². The van der Waals surface area contributed by atoms with Crippen LogP contribution in [0.4, 0.5) is 0 Å². The van der Waals surface area contributed by atoms with E-state index < -0.39 is 11.9 Å². The Labute approximate surface area is 121 Å². The summed E-state index contributed by atoms with van der Waals surface area (Å²) >= 11 is 3.69. The fourth-order valence-corrected chi connectivity index (χ4v) is 0.948. The van der Waals surface area contributed by atoms with Crippen LogP contribution in [0.2, 0.25) is 0 Å². The fourth-order valence-electron chi connectivity index (χ4n) is 0.636. The Kier molecular flexibility index (Phi) is 10.7. The molecule has 0 heterocycles. The van der Waals surface area contributed by atoms with Crippen molar-refractivity contribution < 1.29 is 19.1 Å². The summed E-state index contributed by atoms with van der Waals surface area (Å²) < 4.78 is 14.5. The number of hydrogen-bond acceptors (Lipinski definition) is 4. The van der Waals surface area contributed by atoms with Crippen molar-refractivity contribution in [2.45, 2.75) is 12.8 Å². The summed E-state index contributed by atoms with van der Waals surface area (Å²) in [6.45, 7) is 0.105. The smallest absolute Gasteiger partial charge is 0.307 e. The molecule has 0 aliphatic heterocycles. The van der Waals surface area contributed by atoms with Crippen LogP contribution in [0.25, 0.3) is 0 Å². The summed E-state index contributed by atoms with van der Waals surface area (Å²) in [5, 5.41) is 0. The van der Waals surface area contributed by atoms with Crippen LogP contribution >= 0.6 is 45.2 Å². The first kappa shape index (κ1) is 15.5. The number of rotatable bonds is 5. The monoisotopic (exact) mass is 446 g/mol. The summed E-state index contributed by atoms with van der Waals surface area (Å²) in [5.41, 5.74) is 0. The van der Waals surface area contributed by atoms with Crippen molar-refractivity contribution in [3.05, 3.63) is 0 Å². The van der Waals surface area contributed by atoms with E-state index in [0.29, 0.717) is 0 Å². The maximum atomic E-state index is 11.0. The second-order valence-electron chi connectivity index (χ2n) is 2.36. The summed E-state index contributed by atoms with van der Waals surface area (Å²) in [4.78, 5) is 22.0. The van der Waals surface area contributed by atoms with Crippen LogP contribution < -0.4 is 0 Å². The van der Waals surface area contributed by atoms with Gasteiger partial charge in [-0.15, -0.1) is 0 Å². The van der Waals surface area contributed by atoms with Crippen LogP contribution in [0, 0.1) is 19.7 Å². The SMILES string of the molecule is O=C(CCC(=O)OCC#CI)OCC#CI. The Balaban J connectivity index is 3.60. The van der Waals surface area contributed by atoms with Crippen molar-refractivity contribution >= 4 is 57.1 Å². The van der Waals surface area contributed by atoms with Crippen molar-refractivity contribution in [3.63, 3.8) is 0 Å². The van der Waals surface area contributed by atoms with Gasteiger partial charge in [0.25, 0.3) is 0 Å². The van der Waals surface area contributed by atoms with Gasteiger partial charge < -0.3 is 9.47 Å². The number of hydrogen-bond donors (Lipinski definition) is 0. The lowest BCUT2D eigenvalue weighted by molar-refractivity contribution is -0.148. The second kappa shape index (κ2) is 11.0. The van der Waals surface area contributed by atoms with Gasteiger partial charge in [-0.2, -0.15) is 0 Å². The molecule has 0 unspecified atom stereocenters. The predicted octanol–water partition coefficient (Wildman–Crippen LogP) is 1.64. The maximum absolute atomic E-state index is 11.0. The largest absolute Gasteiger partial charge is 0.452 e. The van der Waals surface area contributed by atoms with E-state index in [1.54, 1.807) is 0 Å². The van der Waals surface area contributed by atoms with Gasteiger partial charge in [-0.1, -0.05) is 11.8 Å². The second-order valence-corrected chi connectivity index (χ2v) is 3.44. The number of halogens is 2. The molecule has 86 valence electrons. The molecule has 0 aromatic carbocycles. The van der Waals surface area contributed by atoms with E-state index >= 15 is 0 Å². The van der Waals surface area contributed by atoms with E-state index in [1.165, 1.54) is 0 Å². The molecular weight excluding hydrogens is 438 g/mol. The van der Waals surface area contributed by atoms with Crippen LogP contribution in [-0.4, -0.2) is 25.2 Å². The van der Waals surface area contributed by atoms with E-state index in [1.807, 2.05) is 45.2 Å². The number of carbonyl (C=O) groups excluding carboxylic acids is 2. The highest BCUT2D eigenvalue weighted by Gasteiger charge is 2.07. The van der Waals surface area contributed by atoms with Gasteiger partial charge in [0.05, 0.1) is 12.8 Å². The lowest BCUT2D eigenvalue weighted by atomic mass is 10.3.